The number of rotatable bonds is 10. The Hall–Kier alpha value is -4.71. The quantitative estimate of drug-likeness (QED) is 0.186. The summed E-state index contributed by atoms with van der Waals surface area (Å²) in [5, 5.41) is 23.5. The fourth-order valence-corrected chi connectivity index (χ4v) is 4.36. The average molecular weight is 581 g/mol. The van der Waals surface area contributed by atoms with E-state index in [1.54, 1.807) is 0 Å². The van der Waals surface area contributed by atoms with Crippen LogP contribution < -0.4 is 10.6 Å². The number of aryl methyl sites for hydroxylation is 1. The van der Waals surface area contributed by atoms with Gasteiger partial charge in [0.2, 0.25) is 5.82 Å². The molecule has 0 spiro atoms. The molecule has 13 heteroatoms. The lowest BCUT2D eigenvalue weighted by atomic mass is 9.96. The summed E-state index contributed by atoms with van der Waals surface area (Å²) in [5.74, 6) is -1.94. The molecule has 0 saturated carbocycles. The molecule has 2 heterocycles. The van der Waals surface area contributed by atoms with Gasteiger partial charge in [0.05, 0.1) is 23.0 Å². The van der Waals surface area contributed by atoms with E-state index < -0.39 is 29.5 Å². The fourth-order valence-electron chi connectivity index (χ4n) is 4.15. The molecule has 0 aliphatic heterocycles. The van der Waals surface area contributed by atoms with E-state index in [0.29, 0.717) is 17.8 Å². The maximum absolute atomic E-state index is 14.2. The molecule has 4 rings (SSSR count). The summed E-state index contributed by atoms with van der Waals surface area (Å²) in [7, 11) is 0. The van der Waals surface area contributed by atoms with Crippen molar-refractivity contribution in [3.05, 3.63) is 99.9 Å². The predicted octanol–water partition coefficient (Wildman–Crippen LogP) is 4.59. The van der Waals surface area contributed by atoms with Crippen LogP contribution in [-0.4, -0.2) is 42.2 Å². The second-order valence-electron chi connectivity index (χ2n) is 9.22. The highest BCUT2D eigenvalue weighted by Crippen LogP contribution is 2.26. The van der Waals surface area contributed by atoms with Gasteiger partial charge in [-0.25, -0.2) is 13.5 Å². The van der Waals surface area contributed by atoms with Gasteiger partial charge >= 0.3 is 0 Å². The molecule has 0 fully saturated rings. The van der Waals surface area contributed by atoms with Crippen LogP contribution in [0.5, 0.6) is 0 Å². The van der Waals surface area contributed by atoms with Crippen molar-refractivity contribution in [2.45, 2.75) is 39.8 Å². The van der Waals surface area contributed by atoms with Crippen LogP contribution in [0, 0.1) is 25.5 Å². The van der Waals surface area contributed by atoms with Crippen LogP contribution in [0.4, 0.5) is 8.78 Å². The van der Waals surface area contributed by atoms with Crippen LogP contribution in [0.2, 0.25) is 5.02 Å². The molecule has 0 bridgehead atoms. The minimum Gasteiger partial charge on any atom is -0.348 e. The standard InChI is InChI=1S/C28H27ClF2N8O2/c1-5-24(20-8-7-19(10-15(20)2)26-35-37-38-36-26)34-28(41)25(39-17(4)23(31)14-33-39)11-16(3)27(40)32-13-18-6-9-22(30)21(29)12-18/h6-12,14,24H,3,5,13H2,1-2,4H3,(H,32,40)(H,34,41)(H,35,36,37,38)/b25-11-. The zero-order chi connectivity index (χ0) is 29.7. The van der Waals surface area contributed by atoms with Gasteiger partial charge in [0, 0.05) is 17.7 Å². The van der Waals surface area contributed by atoms with Gasteiger partial charge in [0.15, 0.2) is 5.82 Å². The zero-order valence-corrected chi connectivity index (χ0v) is 23.3. The normalized spacial score (nSPS) is 12.2. The lowest BCUT2D eigenvalue weighted by Crippen LogP contribution is -2.32. The zero-order valence-electron chi connectivity index (χ0n) is 22.5. The smallest absolute Gasteiger partial charge is 0.270 e. The summed E-state index contributed by atoms with van der Waals surface area (Å²) in [5.41, 5.74) is 2.96. The third-order valence-corrected chi connectivity index (χ3v) is 6.70. The largest absolute Gasteiger partial charge is 0.348 e. The maximum Gasteiger partial charge on any atom is 0.270 e. The Morgan fingerprint density at radius 3 is 2.54 bits per heavy atom. The molecule has 3 N–H and O–H groups in total. The molecule has 0 radical (unpaired) electrons. The molecule has 0 aliphatic carbocycles. The SMILES string of the molecule is C=C(/C=C(/C(=O)NC(CC)c1ccc(-c2nn[nH]n2)cc1C)n1ncc(F)c1C)C(=O)NCc1ccc(F)c(Cl)c1. The number of nitrogens with zero attached hydrogens (tertiary/aromatic N) is 5. The van der Waals surface area contributed by atoms with Crippen LogP contribution in [0.25, 0.3) is 17.1 Å². The summed E-state index contributed by atoms with van der Waals surface area (Å²) >= 11 is 5.81. The Labute approximate surface area is 239 Å². The molecule has 2 aromatic heterocycles. The molecule has 4 aromatic rings. The van der Waals surface area contributed by atoms with E-state index in [4.69, 9.17) is 11.6 Å². The van der Waals surface area contributed by atoms with Gasteiger partial charge in [0.1, 0.15) is 11.5 Å². The van der Waals surface area contributed by atoms with Crippen molar-refractivity contribution in [1.82, 2.24) is 41.0 Å². The van der Waals surface area contributed by atoms with Crippen molar-refractivity contribution >= 4 is 29.1 Å². The predicted molar refractivity (Wildman–Crippen MR) is 149 cm³/mol. The molecule has 2 aromatic carbocycles. The topological polar surface area (TPSA) is 130 Å². The monoisotopic (exact) mass is 580 g/mol. The highest BCUT2D eigenvalue weighted by atomic mass is 35.5. The molecule has 0 aliphatic rings. The fraction of sp³-hybridized carbons (Fsp3) is 0.214. The van der Waals surface area contributed by atoms with Crippen molar-refractivity contribution in [3.8, 4) is 11.4 Å². The first kappa shape index (κ1) is 29.3. The van der Waals surface area contributed by atoms with Gasteiger partial charge in [-0.05, 0) is 66.4 Å². The van der Waals surface area contributed by atoms with E-state index in [1.807, 2.05) is 32.0 Å². The first-order valence-corrected chi connectivity index (χ1v) is 12.9. The Morgan fingerprint density at radius 1 is 1.15 bits per heavy atom. The van der Waals surface area contributed by atoms with Crippen LogP contribution in [0.1, 0.15) is 41.8 Å². The molecule has 10 nitrogen and oxygen atoms in total. The molecule has 0 saturated heterocycles. The van der Waals surface area contributed by atoms with Crippen LogP contribution in [0.15, 0.2) is 60.8 Å². The van der Waals surface area contributed by atoms with Crippen molar-refractivity contribution in [1.29, 1.82) is 0 Å². The van der Waals surface area contributed by atoms with Gasteiger partial charge in [-0.2, -0.15) is 10.3 Å². The summed E-state index contributed by atoms with van der Waals surface area (Å²) in [6.07, 6.45) is 2.76. The number of H-pyrrole nitrogens is 1. The van der Waals surface area contributed by atoms with E-state index in [1.165, 1.54) is 31.2 Å². The number of benzene rings is 2. The highest BCUT2D eigenvalue weighted by molar-refractivity contribution is 6.30. The van der Waals surface area contributed by atoms with Crippen molar-refractivity contribution in [2.75, 3.05) is 0 Å². The summed E-state index contributed by atoms with van der Waals surface area (Å²) < 4.78 is 28.8. The van der Waals surface area contributed by atoms with Gasteiger partial charge in [0.25, 0.3) is 11.8 Å². The molecule has 212 valence electrons. The molecule has 2 amide bonds. The molecular weight excluding hydrogens is 554 g/mol. The summed E-state index contributed by atoms with van der Waals surface area (Å²) in [6, 6.07) is 9.23. The average Bonchev–Trinajstić information content (AvgIpc) is 3.61. The number of tetrazole rings is 1. The minimum atomic E-state index is -0.619. The van der Waals surface area contributed by atoms with E-state index in [2.05, 4.69) is 42.9 Å². The molecule has 41 heavy (non-hydrogen) atoms. The van der Waals surface area contributed by atoms with Gasteiger partial charge in [-0.15, -0.1) is 10.2 Å². The second kappa shape index (κ2) is 12.6. The number of hydrogen-bond donors (Lipinski definition) is 3. The van der Waals surface area contributed by atoms with Crippen LogP contribution in [0.3, 0.4) is 0 Å². The number of carbonyl (C=O) groups excluding carboxylic acids is 2. The first-order chi connectivity index (χ1) is 19.6. The van der Waals surface area contributed by atoms with E-state index >= 15 is 0 Å². The van der Waals surface area contributed by atoms with Gasteiger partial charge in [-0.1, -0.05) is 43.3 Å². The Morgan fingerprint density at radius 2 is 1.93 bits per heavy atom. The Bertz CT molecular complexity index is 1630. The van der Waals surface area contributed by atoms with Crippen molar-refractivity contribution < 1.29 is 18.4 Å². The number of amides is 2. The summed E-state index contributed by atoms with van der Waals surface area (Å²) in [6.45, 7) is 9.09. The second-order valence-corrected chi connectivity index (χ2v) is 9.62. The van der Waals surface area contributed by atoms with E-state index in [-0.39, 0.29) is 28.5 Å². The number of hydrogen-bond acceptors (Lipinski definition) is 6. The van der Waals surface area contributed by atoms with Gasteiger partial charge in [-0.3, -0.25) is 9.59 Å². The van der Waals surface area contributed by atoms with Crippen molar-refractivity contribution in [3.63, 3.8) is 0 Å². The van der Waals surface area contributed by atoms with E-state index in [0.717, 1.165) is 27.6 Å². The minimum absolute atomic E-state index is 0.0414. The summed E-state index contributed by atoms with van der Waals surface area (Å²) in [4.78, 5) is 26.4. The highest BCUT2D eigenvalue weighted by Gasteiger charge is 2.23. The Balaban J connectivity index is 1.56. The number of aromatic amines is 1. The maximum atomic E-state index is 14.2. The lowest BCUT2D eigenvalue weighted by Gasteiger charge is -2.21. The Kier molecular flexibility index (Phi) is 9.03. The number of carbonyl (C=O) groups is 2. The number of halogens is 3. The van der Waals surface area contributed by atoms with Crippen molar-refractivity contribution in [2.24, 2.45) is 0 Å². The first-order valence-electron chi connectivity index (χ1n) is 12.6. The molecule has 1 atom stereocenters. The van der Waals surface area contributed by atoms with Crippen LogP contribution in [-0.2, 0) is 16.1 Å². The number of nitrogens with one attached hydrogen (secondary N) is 3. The molecular formula is C28H27ClF2N8O2. The lowest BCUT2D eigenvalue weighted by molar-refractivity contribution is -0.117. The third kappa shape index (κ3) is 6.72. The third-order valence-electron chi connectivity index (χ3n) is 6.41. The van der Waals surface area contributed by atoms with Crippen LogP contribution >= 0.6 is 11.6 Å². The number of aromatic nitrogens is 6. The van der Waals surface area contributed by atoms with Gasteiger partial charge < -0.3 is 10.6 Å². The van der Waals surface area contributed by atoms with E-state index in [9.17, 15) is 18.4 Å². The molecule has 1 unspecified atom stereocenters.